The van der Waals surface area contributed by atoms with Crippen LogP contribution >= 0.6 is 0 Å². The molecule has 0 saturated heterocycles. The van der Waals surface area contributed by atoms with Gasteiger partial charge in [0.1, 0.15) is 5.75 Å². The summed E-state index contributed by atoms with van der Waals surface area (Å²) in [4.78, 5) is 0. The average Bonchev–Trinajstić information content (AvgIpc) is 2.20. The number of halogens is 2. The first-order chi connectivity index (χ1) is 7.90. The molecule has 1 N–H and O–H groups in total. The Morgan fingerprint density at radius 3 is 2.12 bits per heavy atom. The molecular weight excluding hydrogens is 224 g/mol. The topological polar surface area (TPSA) is 21.3 Å². The number of aryl methyl sites for hydroxylation is 2. The summed E-state index contributed by atoms with van der Waals surface area (Å²) in [6, 6.07) is 4.15. The number of nitrogens with one attached hydrogen (secondary N) is 1. The van der Waals surface area contributed by atoms with E-state index < -0.39 is 6.61 Å². The van der Waals surface area contributed by atoms with E-state index in [1.807, 2.05) is 12.1 Å². The fraction of sp³-hybridized carbons (Fsp3) is 0.538. The predicted molar refractivity (Wildman–Crippen MR) is 64.5 cm³/mol. The first kappa shape index (κ1) is 13.9. The lowest BCUT2D eigenvalue weighted by atomic mass is 10.1. The Morgan fingerprint density at radius 1 is 1.18 bits per heavy atom. The fourth-order valence-electron chi connectivity index (χ4n) is 1.74. The summed E-state index contributed by atoms with van der Waals surface area (Å²) >= 11 is 0. The fourth-order valence-corrected chi connectivity index (χ4v) is 1.74. The summed E-state index contributed by atoms with van der Waals surface area (Å²) in [5.41, 5.74) is 2.56. The number of rotatable bonds is 5. The van der Waals surface area contributed by atoms with E-state index in [0.29, 0.717) is 6.04 Å². The third-order valence-corrected chi connectivity index (χ3v) is 2.44. The van der Waals surface area contributed by atoms with Crippen molar-refractivity contribution in [2.45, 2.75) is 46.9 Å². The third-order valence-electron chi connectivity index (χ3n) is 2.44. The summed E-state index contributed by atoms with van der Waals surface area (Å²) < 4.78 is 28.9. The van der Waals surface area contributed by atoms with Gasteiger partial charge in [0.2, 0.25) is 0 Å². The van der Waals surface area contributed by atoms with Gasteiger partial charge in [0.25, 0.3) is 0 Å². The molecule has 0 aliphatic carbocycles. The highest BCUT2D eigenvalue weighted by molar-refractivity contribution is 5.43. The number of benzene rings is 1. The van der Waals surface area contributed by atoms with E-state index in [0.717, 1.165) is 23.2 Å². The zero-order valence-electron chi connectivity index (χ0n) is 10.7. The van der Waals surface area contributed by atoms with Crippen molar-refractivity contribution in [3.8, 4) is 5.75 Å². The molecule has 1 aromatic rings. The molecule has 0 fully saturated rings. The Balaban J connectivity index is 2.85. The second-order valence-electron chi connectivity index (χ2n) is 4.47. The highest BCUT2D eigenvalue weighted by Crippen LogP contribution is 2.26. The van der Waals surface area contributed by atoms with E-state index >= 15 is 0 Å². The van der Waals surface area contributed by atoms with Crippen LogP contribution in [0.5, 0.6) is 5.75 Å². The van der Waals surface area contributed by atoms with Crippen LogP contribution in [0.25, 0.3) is 0 Å². The van der Waals surface area contributed by atoms with Crippen molar-refractivity contribution in [3.63, 3.8) is 0 Å². The maximum absolute atomic E-state index is 12.2. The van der Waals surface area contributed by atoms with Crippen molar-refractivity contribution in [3.05, 3.63) is 28.8 Å². The molecular formula is C13H19F2NO. The van der Waals surface area contributed by atoms with Crippen LogP contribution in [0, 0.1) is 13.8 Å². The quantitative estimate of drug-likeness (QED) is 0.855. The van der Waals surface area contributed by atoms with Crippen LogP contribution in [-0.2, 0) is 6.54 Å². The second kappa shape index (κ2) is 5.96. The van der Waals surface area contributed by atoms with Crippen LogP contribution in [-0.4, -0.2) is 12.7 Å². The molecule has 0 heterocycles. The zero-order chi connectivity index (χ0) is 13.0. The molecule has 0 bridgehead atoms. The summed E-state index contributed by atoms with van der Waals surface area (Å²) in [7, 11) is 0. The molecule has 0 spiro atoms. The minimum Gasteiger partial charge on any atom is -0.434 e. The van der Waals surface area contributed by atoms with Crippen LogP contribution in [0.4, 0.5) is 8.78 Å². The minimum absolute atomic E-state index is 0.285. The van der Waals surface area contributed by atoms with Crippen molar-refractivity contribution >= 4 is 0 Å². The van der Waals surface area contributed by atoms with E-state index in [4.69, 9.17) is 0 Å². The molecule has 2 nitrogen and oxygen atoms in total. The normalized spacial score (nSPS) is 11.3. The van der Waals surface area contributed by atoms with Crippen molar-refractivity contribution in [2.24, 2.45) is 0 Å². The third kappa shape index (κ3) is 4.30. The Hall–Kier alpha value is -1.16. The monoisotopic (exact) mass is 243 g/mol. The summed E-state index contributed by atoms with van der Waals surface area (Å²) in [6.07, 6.45) is 0. The predicted octanol–water partition coefficient (Wildman–Crippen LogP) is 3.40. The first-order valence-electron chi connectivity index (χ1n) is 5.68. The summed E-state index contributed by atoms with van der Waals surface area (Å²) in [5.74, 6) is 0.285. The Morgan fingerprint density at radius 2 is 1.71 bits per heavy atom. The minimum atomic E-state index is -2.77. The highest BCUT2D eigenvalue weighted by atomic mass is 19.3. The summed E-state index contributed by atoms with van der Waals surface area (Å²) in [6.45, 7) is 5.65. The molecule has 0 atom stereocenters. The highest BCUT2D eigenvalue weighted by Gasteiger charge is 2.11. The van der Waals surface area contributed by atoms with Crippen LogP contribution in [0.15, 0.2) is 12.1 Å². The van der Waals surface area contributed by atoms with Gasteiger partial charge in [0.15, 0.2) is 0 Å². The van der Waals surface area contributed by atoms with E-state index in [9.17, 15) is 8.78 Å². The van der Waals surface area contributed by atoms with Gasteiger partial charge in [-0.25, -0.2) is 0 Å². The van der Waals surface area contributed by atoms with Gasteiger partial charge in [0.05, 0.1) is 0 Å². The molecule has 1 rings (SSSR count). The van der Waals surface area contributed by atoms with E-state index in [1.54, 1.807) is 13.8 Å². The largest absolute Gasteiger partial charge is 0.434 e. The van der Waals surface area contributed by atoms with Gasteiger partial charge < -0.3 is 10.1 Å². The van der Waals surface area contributed by atoms with E-state index in [1.165, 1.54) is 0 Å². The van der Waals surface area contributed by atoms with Crippen molar-refractivity contribution in [1.29, 1.82) is 0 Å². The van der Waals surface area contributed by atoms with Crippen LogP contribution in [0.1, 0.15) is 30.5 Å². The van der Waals surface area contributed by atoms with Crippen molar-refractivity contribution < 1.29 is 13.5 Å². The Kier molecular flexibility index (Phi) is 4.87. The molecule has 0 amide bonds. The molecule has 0 radical (unpaired) electrons. The number of ether oxygens (including phenoxy) is 1. The lowest BCUT2D eigenvalue weighted by Crippen LogP contribution is -2.22. The molecule has 0 unspecified atom stereocenters. The molecule has 17 heavy (non-hydrogen) atoms. The van der Waals surface area contributed by atoms with E-state index in [2.05, 4.69) is 23.9 Å². The summed E-state index contributed by atoms with van der Waals surface area (Å²) in [5, 5.41) is 3.29. The Bertz CT molecular complexity index is 355. The van der Waals surface area contributed by atoms with Gasteiger partial charge in [-0.3, -0.25) is 0 Å². The lowest BCUT2D eigenvalue weighted by Gasteiger charge is -2.14. The van der Waals surface area contributed by atoms with Crippen LogP contribution in [0.3, 0.4) is 0 Å². The van der Waals surface area contributed by atoms with Crippen molar-refractivity contribution in [2.75, 3.05) is 0 Å². The molecule has 0 aliphatic rings. The van der Waals surface area contributed by atoms with Gasteiger partial charge in [-0.2, -0.15) is 8.78 Å². The molecule has 0 saturated carbocycles. The number of alkyl halides is 2. The molecule has 0 aliphatic heterocycles. The van der Waals surface area contributed by atoms with Crippen LogP contribution < -0.4 is 10.1 Å². The van der Waals surface area contributed by atoms with Gasteiger partial charge in [-0.15, -0.1) is 0 Å². The van der Waals surface area contributed by atoms with Gasteiger partial charge in [-0.1, -0.05) is 26.0 Å². The van der Waals surface area contributed by atoms with E-state index in [-0.39, 0.29) is 5.75 Å². The molecule has 1 aromatic carbocycles. The second-order valence-corrected chi connectivity index (χ2v) is 4.47. The van der Waals surface area contributed by atoms with Crippen LogP contribution in [0.2, 0.25) is 0 Å². The molecule has 0 aromatic heterocycles. The number of hydrogen-bond donors (Lipinski definition) is 1. The zero-order valence-corrected chi connectivity index (χ0v) is 10.7. The first-order valence-corrected chi connectivity index (χ1v) is 5.68. The average molecular weight is 243 g/mol. The van der Waals surface area contributed by atoms with Gasteiger partial charge in [-0.05, 0) is 30.5 Å². The lowest BCUT2D eigenvalue weighted by molar-refractivity contribution is -0.0507. The van der Waals surface area contributed by atoms with Gasteiger partial charge in [0, 0.05) is 12.6 Å². The Labute approximate surface area is 101 Å². The SMILES string of the molecule is Cc1cc(CNC(C)C)cc(C)c1OC(F)F. The maximum atomic E-state index is 12.2. The van der Waals surface area contributed by atoms with Crippen molar-refractivity contribution in [1.82, 2.24) is 5.32 Å². The smallest absolute Gasteiger partial charge is 0.387 e. The molecule has 4 heteroatoms. The van der Waals surface area contributed by atoms with Gasteiger partial charge >= 0.3 is 6.61 Å². The maximum Gasteiger partial charge on any atom is 0.387 e. The standard InChI is InChI=1S/C13H19F2NO/c1-8(2)16-7-11-5-9(3)12(10(4)6-11)17-13(14)15/h5-6,8,13,16H,7H2,1-4H3. The molecule has 96 valence electrons. The number of hydrogen-bond acceptors (Lipinski definition) is 2.